The van der Waals surface area contributed by atoms with Gasteiger partial charge in [0.1, 0.15) is 11.8 Å². The van der Waals surface area contributed by atoms with Gasteiger partial charge in [0.15, 0.2) is 6.10 Å². The van der Waals surface area contributed by atoms with Gasteiger partial charge in [0.05, 0.1) is 0 Å². The molecule has 0 aliphatic heterocycles. The fraction of sp³-hybridized carbons (Fsp3) is 0.467. The van der Waals surface area contributed by atoms with Gasteiger partial charge in [0, 0.05) is 6.61 Å². The molecule has 0 heterocycles. The first-order chi connectivity index (χ1) is 11.2. The summed E-state index contributed by atoms with van der Waals surface area (Å²) in [4.78, 5) is 23.5. The molecule has 1 aromatic carbocycles. The standard InChI is InChI=1S/C15H21NO7S/c1-2-3-9-23-13(11-7-5-4-6-8-11)14(17)16-12(15(18)19)10-24(20,21)22/h4-8,12-13H,2-3,9-10H2,1H3,(H,16,17)(H,18,19)(H,20,21,22)/t12-,13?/m0/s1. The molecule has 0 fully saturated rings. The Hall–Kier alpha value is -1.97. The molecule has 8 nitrogen and oxygen atoms in total. The summed E-state index contributed by atoms with van der Waals surface area (Å²) in [5.74, 6) is -3.47. The normalized spacial score (nSPS) is 13.9. The highest BCUT2D eigenvalue weighted by molar-refractivity contribution is 7.85. The summed E-state index contributed by atoms with van der Waals surface area (Å²) < 4.78 is 36.1. The zero-order chi connectivity index (χ0) is 18.2. The molecule has 0 saturated carbocycles. The van der Waals surface area contributed by atoms with E-state index in [1.54, 1.807) is 30.3 Å². The largest absolute Gasteiger partial charge is 0.480 e. The van der Waals surface area contributed by atoms with Crippen LogP contribution >= 0.6 is 0 Å². The summed E-state index contributed by atoms with van der Waals surface area (Å²) in [7, 11) is -4.56. The van der Waals surface area contributed by atoms with E-state index in [1.165, 1.54) is 0 Å². The van der Waals surface area contributed by atoms with E-state index in [0.717, 1.165) is 6.42 Å². The van der Waals surface area contributed by atoms with Crippen LogP contribution in [0.3, 0.4) is 0 Å². The highest BCUT2D eigenvalue weighted by atomic mass is 32.2. The van der Waals surface area contributed by atoms with Crippen molar-refractivity contribution in [1.82, 2.24) is 5.32 Å². The Bertz CT molecular complexity index is 645. The second-order valence-electron chi connectivity index (χ2n) is 5.16. The molecule has 2 atom stereocenters. The van der Waals surface area contributed by atoms with Gasteiger partial charge >= 0.3 is 5.97 Å². The number of aliphatic carboxylic acids is 1. The van der Waals surface area contributed by atoms with Crippen LogP contribution in [0.1, 0.15) is 31.4 Å². The van der Waals surface area contributed by atoms with Gasteiger partial charge in [-0.25, -0.2) is 4.79 Å². The third-order valence-corrected chi connectivity index (χ3v) is 3.87. The molecule has 3 N–H and O–H groups in total. The molecule has 0 aromatic heterocycles. The lowest BCUT2D eigenvalue weighted by Gasteiger charge is -2.20. The monoisotopic (exact) mass is 359 g/mol. The summed E-state index contributed by atoms with van der Waals surface area (Å²) >= 11 is 0. The SMILES string of the molecule is CCCCOC(C(=O)N[C@@H](CS(=O)(=O)O)C(=O)O)c1ccccc1. The number of carboxylic acids is 1. The molecule has 0 bridgehead atoms. The minimum atomic E-state index is -4.56. The Morgan fingerprint density at radius 3 is 2.38 bits per heavy atom. The summed E-state index contributed by atoms with van der Waals surface area (Å²) in [6.45, 7) is 2.24. The van der Waals surface area contributed by atoms with Crippen LogP contribution in [0, 0.1) is 0 Å². The fourth-order valence-corrected chi connectivity index (χ4v) is 2.58. The number of unbranched alkanes of at least 4 members (excludes halogenated alkanes) is 1. The number of benzene rings is 1. The number of amides is 1. The van der Waals surface area contributed by atoms with E-state index in [2.05, 4.69) is 5.32 Å². The molecule has 1 unspecified atom stereocenters. The number of carbonyl (C=O) groups excluding carboxylic acids is 1. The first-order valence-electron chi connectivity index (χ1n) is 7.39. The minimum absolute atomic E-state index is 0.291. The zero-order valence-electron chi connectivity index (χ0n) is 13.2. The van der Waals surface area contributed by atoms with E-state index in [9.17, 15) is 18.0 Å². The zero-order valence-corrected chi connectivity index (χ0v) is 14.0. The van der Waals surface area contributed by atoms with Crippen molar-refractivity contribution in [3.8, 4) is 0 Å². The predicted molar refractivity (Wildman–Crippen MR) is 86.0 cm³/mol. The summed E-state index contributed by atoms with van der Waals surface area (Å²) in [6, 6.07) is 6.68. The Balaban J connectivity index is 2.91. The molecule has 1 aromatic rings. The number of carboxylic acid groups (broad SMARTS) is 1. The molecule has 0 spiro atoms. The van der Waals surface area contributed by atoms with Gasteiger partial charge in [0.25, 0.3) is 16.0 Å². The Labute approximate surface area is 140 Å². The predicted octanol–water partition coefficient (Wildman–Crippen LogP) is 1.00. The molecule has 9 heteroatoms. The summed E-state index contributed by atoms with van der Waals surface area (Å²) in [6.07, 6.45) is 0.495. The highest BCUT2D eigenvalue weighted by Crippen LogP contribution is 2.18. The van der Waals surface area contributed by atoms with Gasteiger partial charge in [-0.15, -0.1) is 0 Å². The van der Waals surface area contributed by atoms with E-state index in [4.69, 9.17) is 14.4 Å². The topological polar surface area (TPSA) is 130 Å². The van der Waals surface area contributed by atoms with E-state index in [1.807, 2.05) is 6.92 Å². The molecule has 1 rings (SSSR count). The van der Waals surface area contributed by atoms with E-state index < -0.39 is 39.9 Å². The number of hydrogen-bond acceptors (Lipinski definition) is 5. The molecular weight excluding hydrogens is 338 g/mol. The first-order valence-corrected chi connectivity index (χ1v) is 9.00. The van der Waals surface area contributed by atoms with E-state index in [0.29, 0.717) is 18.6 Å². The average molecular weight is 359 g/mol. The van der Waals surface area contributed by atoms with Crippen LogP contribution in [0.2, 0.25) is 0 Å². The van der Waals surface area contributed by atoms with Crippen molar-refractivity contribution in [2.24, 2.45) is 0 Å². The van der Waals surface area contributed by atoms with Crippen molar-refractivity contribution in [2.45, 2.75) is 31.9 Å². The molecular formula is C15H21NO7S. The van der Waals surface area contributed by atoms with Gasteiger partial charge in [-0.1, -0.05) is 43.7 Å². The average Bonchev–Trinajstić information content (AvgIpc) is 2.50. The first kappa shape index (κ1) is 20.1. The van der Waals surface area contributed by atoms with Gasteiger partial charge in [-0.2, -0.15) is 8.42 Å². The summed E-state index contributed by atoms with van der Waals surface area (Å²) in [5.41, 5.74) is 0.516. The number of rotatable bonds is 10. The lowest BCUT2D eigenvalue weighted by atomic mass is 10.1. The van der Waals surface area contributed by atoms with Gasteiger partial charge in [0.2, 0.25) is 0 Å². The third-order valence-electron chi connectivity index (χ3n) is 3.11. The van der Waals surface area contributed by atoms with Crippen molar-refractivity contribution in [3.63, 3.8) is 0 Å². The quantitative estimate of drug-likeness (QED) is 0.420. The molecule has 1 amide bonds. The van der Waals surface area contributed by atoms with Crippen molar-refractivity contribution in [2.75, 3.05) is 12.4 Å². The Morgan fingerprint density at radius 2 is 1.88 bits per heavy atom. The maximum absolute atomic E-state index is 12.4. The second kappa shape index (κ2) is 9.36. The van der Waals surface area contributed by atoms with Gasteiger partial charge in [-0.05, 0) is 12.0 Å². The van der Waals surface area contributed by atoms with Crippen molar-refractivity contribution in [3.05, 3.63) is 35.9 Å². The highest BCUT2D eigenvalue weighted by Gasteiger charge is 2.30. The van der Waals surface area contributed by atoms with E-state index >= 15 is 0 Å². The van der Waals surface area contributed by atoms with Gasteiger partial charge in [-0.3, -0.25) is 9.35 Å². The van der Waals surface area contributed by atoms with Crippen molar-refractivity contribution >= 4 is 22.0 Å². The Morgan fingerprint density at radius 1 is 1.25 bits per heavy atom. The number of ether oxygens (including phenoxy) is 1. The number of hydrogen-bond donors (Lipinski definition) is 3. The number of nitrogens with one attached hydrogen (secondary N) is 1. The fourth-order valence-electron chi connectivity index (χ4n) is 1.93. The smallest absolute Gasteiger partial charge is 0.327 e. The lowest BCUT2D eigenvalue weighted by molar-refractivity contribution is -0.144. The van der Waals surface area contributed by atoms with Crippen LogP contribution < -0.4 is 5.32 Å². The minimum Gasteiger partial charge on any atom is -0.480 e. The molecule has 0 aliphatic rings. The number of carbonyl (C=O) groups is 2. The molecule has 0 radical (unpaired) electrons. The Kier molecular flexibility index (Phi) is 7.83. The van der Waals surface area contributed by atoms with E-state index in [-0.39, 0.29) is 0 Å². The second-order valence-corrected chi connectivity index (χ2v) is 6.66. The molecule has 0 aliphatic carbocycles. The van der Waals surface area contributed by atoms with Crippen LogP contribution in [0.15, 0.2) is 30.3 Å². The van der Waals surface area contributed by atoms with Crippen molar-refractivity contribution < 1.29 is 32.4 Å². The maximum atomic E-state index is 12.4. The maximum Gasteiger partial charge on any atom is 0.327 e. The van der Waals surface area contributed by atoms with Crippen molar-refractivity contribution in [1.29, 1.82) is 0 Å². The van der Waals surface area contributed by atoms with Crippen LogP contribution in [-0.4, -0.2) is 48.4 Å². The summed E-state index contributed by atoms with van der Waals surface area (Å²) in [5, 5.41) is 11.1. The molecule has 0 saturated heterocycles. The van der Waals surface area contributed by atoms with Crippen LogP contribution in [0.4, 0.5) is 0 Å². The lowest BCUT2D eigenvalue weighted by Crippen LogP contribution is -2.47. The van der Waals surface area contributed by atoms with Crippen LogP contribution in [-0.2, 0) is 24.4 Å². The molecule has 134 valence electrons. The molecule has 24 heavy (non-hydrogen) atoms. The van der Waals surface area contributed by atoms with Crippen LogP contribution in [0.25, 0.3) is 0 Å². The third kappa shape index (κ3) is 7.07. The van der Waals surface area contributed by atoms with Gasteiger partial charge < -0.3 is 15.2 Å². The van der Waals surface area contributed by atoms with Crippen LogP contribution in [0.5, 0.6) is 0 Å².